The van der Waals surface area contributed by atoms with Gasteiger partial charge in [-0.3, -0.25) is 4.98 Å². The molecule has 0 aliphatic rings. The van der Waals surface area contributed by atoms with Gasteiger partial charge in [0.25, 0.3) is 0 Å². The molecule has 0 saturated heterocycles. The Labute approximate surface area is 301 Å². The topological polar surface area (TPSA) is 55.3 Å². The number of fused-ring (bicyclic) bond motifs is 3. The second kappa shape index (κ2) is 12.9. The summed E-state index contributed by atoms with van der Waals surface area (Å²) in [6, 6.07) is 57.1. The van der Waals surface area contributed by atoms with Gasteiger partial charge in [-0.05, 0) is 71.3 Å². The molecule has 0 aliphatic carbocycles. The molecule has 0 spiro atoms. The van der Waals surface area contributed by atoms with Crippen LogP contribution in [0.2, 0.25) is 0 Å². The Morgan fingerprint density at radius 1 is 0.519 bits per heavy atom. The molecule has 9 rings (SSSR count). The van der Waals surface area contributed by atoms with Crippen LogP contribution in [-0.4, -0.2) is 19.6 Å². The molecule has 6 aromatic carbocycles. The smallest absolute Gasteiger partial charge is 0.200 e. The molecule has 244 valence electrons. The van der Waals surface area contributed by atoms with Crippen molar-refractivity contribution in [2.24, 2.45) is 0 Å². The number of para-hydroxylation sites is 3. The van der Waals surface area contributed by atoms with Gasteiger partial charge in [-0.25, -0.2) is 9.83 Å². The monoisotopic (exact) mass is 666 g/mol. The van der Waals surface area contributed by atoms with E-state index in [0.717, 1.165) is 61.5 Å². The van der Waals surface area contributed by atoms with Crippen molar-refractivity contribution in [2.45, 2.75) is 0 Å². The van der Waals surface area contributed by atoms with Crippen molar-refractivity contribution in [1.82, 2.24) is 14.5 Å². The molecular weight excluding hydrogens is 637 g/mol. The molecule has 1 N–H and O–H groups in total. The van der Waals surface area contributed by atoms with E-state index in [9.17, 15) is 5.11 Å². The van der Waals surface area contributed by atoms with Gasteiger partial charge in [-0.2, -0.15) is 0 Å². The first-order chi connectivity index (χ1) is 25.7. The Morgan fingerprint density at radius 2 is 1.17 bits per heavy atom. The lowest BCUT2D eigenvalue weighted by Gasteiger charge is -2.14. The van der Waals surface area contributed by atoms with E-state index in [-0.39, 0.29) is 5.75 Å². The van der Waals surface area contributed by atoms with Crippen LogP contribution in [0.15, 0.2) is 176 Å². The molecule has 0 amide bonds. The van der Waals surface area contributed by atoms with Gasteiger partial charge in [0, 0.05) is 44.9 Å². The molecule has 0 saturated carbocycles. The normalized spacial score (nSPS) is 11.1. The highest BCUT2D eigenvalue weighted by atomic mass is 16.3. The maximum Gasteiger partial charge on any atom is 0.200 e. The van der Waals surface area contributed by atoms with E-state index in [0.29, 0.717) is 16.9 Å². The molecule has 0 bridgehead atoms. The number of nitrogens with zero attached hydrogens (tertiary/aromatic N) is 4. The Balaban J connectivity index is 1.19. The van der Waals surface area contributed by atoms with Gasteiger partial charge in [-0.15, -0.1) is 0 Å². The minimum Gasteiger partial charge on any atom is -0.509 e. The third kappa shape index (κ3) is 5.36. The molecule has 9 aromatic rings. The van der Waals surface area contributed by atoms with Crippen molar-refractivity contribution in [1.29, 1.82) is 0 Å². The quantitative estimate of drug-likeness (QED) is 0.180. The van der Waals surface area contributed by atoms with E-state index < -0.39 is 0 Å². The van der Waals surface area contributed by atoms with E-state index in [4.69, 9.17) is 16.5 Å². The van der Waals surface area contributed by atoms with E-state index in [1.807, 2.05) is 60.8 Å². The van der Waals surface area contributed by atoms with Crippen LogP contribution >= 0.6 is 0 Å². The number of phenols is 1. The van der Waals surface area contributed by atoms with Crippen LogP contribution < -0.4 is 0 Å². The summed E-state index contributed by atoms with van der Waals surface area (Å²) < 4.78 is 2.35. The number of pyridine rings is 2. The van der Waals surface area contributed by atoms with Crippen LogP contribution in [0.1, 0.15) is 0 Å². The zero-order chi connectivity index (χ0) is 35.0. The van der Waals surface area contributed by atoms with Crippen LogP contribution in [0.5, 0.6) is 5.75 Å². The van der Waals surface area contributed by atoms with Crippen molar-refractivity contribution < 1.29 is 5.11 Å². The predicted molar refractivity (Wildman–Crippen MR) is 211 cm³/mol. The number of aromatic hydroxyl groups is 1. The SMILES string of the molecule is [C-]#[N+]c1cccc(O)c1-c1cc(-c2ccccc2)cc(-c2cccc(-c3cc(-c4cccc5c6ccccc6n(-c6ccccc6)c45)ccn3)c2)n1. The number of benzene rings is 6. The fraction of sp³-hybridized carbons (Fsp3) is 0. The van der Waals surface area contributed by atoms with Gasteiger partial charge in [0.05, 0.1) is 34.7 Å². The lowest BCUT2D eigenvalue weighted by atomic mass is 9.97. The first kappa shape index (κ1) is 30.7. The third-order valence-electron chi connectivity index (χ3n) is 9.56. The summed E-state index contributed by atoms with van der Waals surface area (Å²) in [6.45, 7) is 7.77. The summed E-state index contributed by atoms with van der Waals surface area (Å²) in [4.78, 5) is 13.6. The number of phenolic OH excluding ortho intramolecular Hbond substituents is 1. The van der Waals surface area contributed by atoms with Crippen molar-refractivity contribution in [3.63, 3.8) is 0 Å². The predicted octanol–water partition coefficient (Wildman–Crippen LogP) is 12.2. The molecular formula is C47H30N4O. The third-order valence-corrected chi connectivity index (χ3v) is 9.56. The van der Waals surface area contributed by atoms with Gasteiger partial charge in [0.1, 0.15) is 5.75 Å². The van der Waals surface area contributed by atoms with Gasteiger partial charge >= 0.3 is 0 Å². The summed E-state index contributed by atoms with van der Waals surface area (Å²) in [5.41, 5.74) is 12.3. The van der Waals surface area contributed by atoms with Crippen molar-refractivity contribution in [3.8, 4) is 67.5 Å². The number of hydrogen-bond donors (Lipinski definition) is 1. The average molecular weight is 667 g/mol. The Hall–Kier alpha value is -7.29. The molecule has 0 unspecified atom stereocenters. The average Bonchev–Trinajstić information content (AvgIpc) is 3.56. The van der Waals surface area contributed by atoms with Gasteiger partial charge in [0.2, 0.25) is 0 Å². The molecule has 52 heavy (non-hydrogen) atoms. The zero-order valence-corrected chi connectivity index (χ0v) is 28.0. The highest BCUT2D eigenvalue weighted by molar-refractivity contribution is 6.13. The lowest BCUT2D eigenvalue weighted by molar-refractivity contribution is 0.477. The summed E-state index contributed by atoms with van der Waals surface area (Å²) in [6.07, 6.45) is 1.88. The maximum absolute atomic E-state index is 10.9. The molecule has 0 radical (unpaired) electrons. The Morgan fingerprint density at radius 3 is 2.00 bits per heavy atom. The second-order valence-electron chi connectivity index (χ2n) is 12.7. The molecule has 3 heterocycles. The highest BCUT2D eigenvalue weighted by Crippen LogP contribution is 2.41. The largest absolute Gasteiger partial charge is 0.509 e. The van der Waals surface area contributed by atoms with E-state index in [2.05, 4.69) is 106 Å². The molecule has 5 nitrogen and oxygen atoms in total. The van der Waals surface area contributed by atoms with Crippen molar-refractivity contribution in [2.75, 3.05) is 0 Å². The molecule has 0 aliphatic heterocycles. The van der Waals surface area contributed by atoms with Crippen LogP contribution in [0.25, 0.3) is 88.4 Å². The fourth-order valence-corrected chi connectivity index (χ4v) is 7.18. The van der Waals surface area contributed by atoms with E-state index >= 15 is 0 Å². The summed E-state index contributed by atoms with van der Waals surface area (Å²) in [5, 5.41) is 13.3. The van der Waals surface area contributed by atoms with Crippen molar-refractivity contribution in [3.05, 3.63) is 187 Å². The first-order valence-electron chi connectivity index (χ1n) is 17.1. The standard InChI is InChI=1S/C47H30N4O/c1-48-40-22-12-24-45(52)46(40)43-30-35(31-13-4-2-5-14-31)29-42(50-43)34-16-10-15-33(27-34)41-28-32(25-26-49-41)37-20-11-21-39-38-19-8-9-23-44(38)51(47(37)39)36-17-6-3-7-18-36/h2-30,52H. The molecule has 0 atom stereocenters. The first-order valence-corrected chi connectivity index (χ1v) is 17.1. The van der Waals surface area contributed by atoms with Gasteiger partial charge in [-0.1, -0.05) is 115 Å². The summed E-state index contributed by atoms with van der Waals surface area (Å²) in [7, 11) is 0. The minimum absolute atomic E-state index is 0.0215. The maximum atomic E-state index is 10.9. The molecule has 5 heteroatoms. The minimum atomic E-state index is 0.0215. The van der Waals surface area contributed by atoms with Gasteiger partial charge < -0.3 is 9.67 Å². The summed E-state index contributed by atoms with van der Waals surface area (Å²) in [5.74, 6) is 0.0215. The molecule has 3 aromatic heterocycles. The zero-order valence-electron chi connectivity index (χ0n) is 28.0. The number of hydrogen-bond acceptors (Lipinski definition) is 3. The van der Waals surface area contributed by atoms with Gasteiger partial charge in [0.15, 0.2) is 5.69 Å². The van der Waals surface area contributed by atoms with Crippen LogP contribution in [0.3, 0.4) is 0 Å². The van der Waals surface area contributed by atoms with Crippen LogP contribution in [0, 0.1) is 6.57 Å². The van der Waals surface area contributed by atoms with E-state index in [1.165, 1.54) is 10.8 Å². The molecule has 0 fully saturated rings. The number of rotatable bonds is 6. The summed E-state index contributed by atoms with van der Waals surface area (Å²) >= 11 is 0. The second-order valence-corrected chi connectivity index (χ2v) is 12.7. The Bertz CT molecular complexity index is 2820. The highest BCUT2D eigenvalue weighted by Gasteiger charge is 2.18. The fourth-order valence-electron chi connectivity index (χ4n) is 7.18. The number of aromatic nitrogens is 3. The van der Waals surface area contributed by atoms with E-state index in [1.54, 1.807) is 18.2 Å². The van der Waals surface area contributed by atoms with Crippen molar-refractivity contribution >= 4 is 27.5 Å². The lowest BCUT2D eigenvalue weighted by Crippen LogP contribution is -1.95. The van der Waals surface area contributed by atoms with Crippen LogP contribution in [0.4, 0.5) is 5.69 Å². The van der Waals surface area contributed by atoms with Crippen LogP contribution in [-0.2, 0) is 0 Å². The Kier molecular flexibility index (Phi) is 7.61.